The van der Waals surface area contributed by atoms with Crippen LogP contribution in [0, 0.1) is 6.92 Å². The van der Waals surface area contributed by atoms with Crippen molar-refractivity contribution in [2.45, 2.75) is 12.8 Å². The summed E-state index contributed by atoms with van der Waals surface area (Å²) in [7, 11) is 0. The first-order chi connectivity index (χ1) is 6.33. The van der Waals surface area contributed by atoms with Gasteiger partial charge in [-0.3, -0.25) is 4.79 Å². The van der Waals surface area contributed by atoms with E-state index in [0.29, 0.717) is 0 Å². The van der Waals surface area contributed by atoms with Crippen LogP contribution < -0.4 is 5.32 Å². The maximum absolute atomic E-state index is 11.0. The van der Waals surface area contributed by atoms with E-state index in [1.54, 1.807) is 0 Å². The maximum Gasteiger partial charge on any atom is 0.243 e. The molecule has 1 aliphatic rings. The zero-order chi connectivity index (χ0) is 9.52. The Balaban J connectivity index is 2.02. The monoisotopic (exact) mass is 181 g/mol. The molecule has 3 heteroatoms. The normalized spacial score (nSPS) is 18.2. The van der Waals surface area contributed by atoms with Gasteiger partial charge in [0.1, 0.15) is 0 Å². The van der Waals surface area contributed by atoms with Crippen molar-refractivity contribution in [3.63, 3.8) is 0 Å². The highest BCUT2D eigenvalue weighted by Gasteiger charge is 2.10. The van der Waals surface area contributed by atoms with E-state index in [0.717, 1.165) is 13.1 Å². The van der Waals surface area contributed by atoms with Crippen LogP contribution >= 0.6 is 0 Å². The molecule has 3 nitrogen and oxygen atoms in total. The van der Waals surface area contributed by atoms with Crippen LogP contribution in [0.4, 0.5) is 0 Å². The van der Waals surface area contributed by atoms with Crippen LogP contribution in [0.1, 0.15) is 12.8 Å². The number of carbonyl (C=O) groups is 1. The Labute approximate surface area is 79.8 Å². The minimum atomic E-state index is -0.0470. The highest BCUT2D eigenvalue weighted by Crippen LogP contribution is 2.05. The Morgan fingerprint density at radius 2 is 2.15 bits per heavy atom. The number of hydrogen-bond acceptors (Lipinski definition) is 2. The molecule has 0 aromatic carbocycles. The number of allylic oxidation sites excluding steroid dienone is 1. The SMILES string of the molecule is [CH2]/C=C/C(=O)NCCN1CCCC1. The molecule has 0 aromatic heterocycles. The molecule has 1 aliphatic heterocycles. The summed E-state index contributed by atoms with van der Waals surface area (Å²) in [5.74, 6) is -0.0470. The van der Waals surface area contributed by atoms with E-state index >= 15 is 0 Å². The summed E-state index contributed by atoms with van der Waals surface area (Å²) in [6, 6.07) is 0. The second-order valence-electron chi connectivity index (χ2n) is 3.24. The molecule has 0 aromatic rings. The van der Waals surface area contributed by atoms with Crippen molar-refractivity contribution in [3.05, 3.63) is 19.1 Å². The van der Waals surface area contributed by atoms with E-state index in [4.69, 9.17) is 0 Å². The maximum atomic E-state index is 11.0. The first-order valence-electron chi connectivity index (χ1n) is 4.79. The molecule has 1 amide bonds. The summed E-state index contributed by atoms with van der Waals surface area (Å²) in [6.45, 7) is 7.53. The van der Waals surface area contributed by atoms with Crippen LogP contribution in [0.25, 0.3) is 0 Å². The third-order valence-electron chi connectivity index (χ3n) is 2.20. The van der Waals surface area contributed by atoms with Crippen LogP contribution in [-0.2, 0) is 4.79 Å². The second kappa shape index (κ2) is 5.75. The standard InChI is InChI=1S/C10H17N2O/c1-2-5-10(13)11-6-9-12-7-3-4-8-12/h2,5H,1,3-4,6-9H2,(H,11,13)/b5-2+. The zero-order valence-corrected chi connectivity index (χ0v) is 7.96. The molecule has 0 atom stereocenters. The van der Waals surface area contributed by atoms with Gasteiger partial charge >= 0.3 is 0 Å². The molecule has 1 radical (unpaired) electrons. The van der Waals surface area contributed by atoms with E-state index in [-0.39, 0.29) is 5.91 Å². The van der Waals surface area contributed by atoms with E-state index in [1.807, 2.05) is 0 Å². The molecule has 0 saturated carbocycles. The second-order valence-corrected chi connectivity index (χ2v) is 3.24. The predicted octanol–water partition coefficient (Wildman–Crippen LogP) is 0.589. The predicted molar refractivity (Wildman–Crippen MR) is 53.2 cm³/mol. The van der Waals surface area contributed by atoms with Gasteiger partial charge < -0.3 is 10.2 Å². The summed E-state index contributed by atoms with van der Waals surface area (Å²) in [5.41, 5.74) is 0. The van der Waals surface area contributed by atoms with Gasteiger partial charge in [0.05, 0.1) is 0 Å². The first-order valence-corrected chi connectivity index (χ1v) is 4.79. The minimum Gasteiger partial charge on any atom is -0.351 e. The Hall–Kier alpha value is -0.830. The average molecular weight is 181 g/mol. The number of nitrogens with zero attached hydrogens (tertiary/aromatic N) is 1. The molecule has 0 spiro atoms. The quantitative estimate of drug-likeness (QED) is 0.644. The average Bonchev–Trinajstić information content (AvgIpc) is 2.57. The third-order valence-corrected chi connectivity index (χ3v) is 2.20. The largest absolute Gasteiger partial charge is 0.351 e. The Morgan fingerprint density at radius 3 is 2.77 bits per heavy atom. The van der Waals surface area contributed by atoms with Gasteiger partial charge in [-0.2, -0.15) is 0 Å². The summed E-state index contributed by atoms with van der Waals surface area (Å²) < 4.78 is 0. The van der Waals surface area contributed by atoms with E-state index < -0.39 is 0 Å². The van der Waals surface area contributed by atoms with Crippen LogP contribution in [-0.4, -0.2) is 37.0 Å². The summed E-state index contributed by atoms with van der Waals surface area (Å²) in [5, 5.41) is 2.80. The van der Waals surface area contributed by atoms with Crippen LogP contribution in [0.3, 0.4) is 0 Å². The number of amides is 1. The van der Waals surface area contributed by atoms with Crippen LogP contribution in [0.15, 0.2) is 12.2 Å². The van der Waals surface area contributed by atoms with Crippen molar-refractivity contribution < 1.29 is 4.79 Å². The van der Waals surface area contributed by atoms with Gasteiger partial charge in [0, 0.05) is 13.1 Å². The molecule has 1 fully saturated rings. The molecule has 13 heavy (non-hydrogen) atoms. The molecular formula is C10H17N2O. The summed E-state index contributed by atoms with van der Waals surface area (Å²) >= 11 is 0. The topological polar surface area (TPSA) is 32.3 Å². The van der Waals surface area contributed by atoms with E-state index in [9.17, 15) is 4.79 Å². The van der Waals surface area contributed by atoms with Gasteiger partial charge in [0.2, 0.25) is 5.91 Å². The van der Waals surface area contributed by atoms with Crippen molar-refractivity contribution in [2.24, 2.45) is 0 Å². The molecule has 1 saturated heterocycles. The molecule has 73 valence electrons. The number of likely N-dealkylation sites (tertiary alicyclic amines) is 1. The summed E-state index contributed by atoms with van der Waals surface area (Å²) in [6.07, 6.45) is 5.55. The lowest BCUT2D eigenvalue weighted by Crippen LogP contribution is -2.32. The fraction of sp³-hybridized carbons (Fsp3) is 0.600. The lowest BCUT2D eigenvalue weighted by molar-refractivity contribution is -0.116. The van der Waals surface area contributed by atoms with Crippen molar-refractivity contribution in [1.82, 2.24) is 10.2 Å². The number of carbonyl (C=O) groups excluding carboxylic acids is 1. The lowest BCUT2D eigenvalue weighted by atomic mass is 10.4. The molecule has 0 unspecified atom stereocenters. The van der Waals surface area contributed by atoms with Gasteiger partial charge in [0.25, 0.3) is 0 Å². The Kier molecular flexibility index (Phi) is 4.54. The van der Waals surface area contributed by atoms with Gasteiger partial charge in [-0.05, 0) is 38.9 Å². The Morgan fingerprint density at radius 1 is 1.46 bits per heavy atom. The van der Waals surface area contributed by atoms with Crippen molar-refractivity contribution >= 4 is 5.91 Å². The number of rotatable bonds is 4. The van der Waals surface area contributed by atoms with Crippen molar-refractivity contribution in [1.29, 1.82) is 0 Å². The fourth-order valence-electron chi connectivity index (χ4n) is 1.51. The molecular weight excluding hydrogens is 164 g/mol. The van der Waals surface area contributed by atoms with E-state index in [2.05, 4.69) is 17.1 Å². The zero-order valence-electron chi connectivity index (χ0n) is 7.96. The van der Waals surface area contributed by atoms with Gasteiger partial charge in [-0.25, -0.2) is 0 Å². The lowest BCUT2D eigenvalue weighted by Gasteiger charge is -2.13. The summed E-state index contributed by atoms with van der Waals surface area (Å²) in [4.78, 5) is 13.3. The van der Waals surface area contributed by atoms with Gasteiger partial charge in [-0.1, -0.05) is 6.08 Å². The van der Waals surface area contributed by atoms with Crippen molar-refractivity contribution in [3.8, 4) is 0 Å². The minimum absolute atomic E-state index is 0.0470. The molecule has 1 N–H and O–H groups in total. The Bertz CT molecular complexity index is 183. The van der Waals surface area contributed by atoms with Gasteiger partial charge in [-0.15, -0.1) is 0 Å². The molecule has 0 bridgehead atoms. The highest BCUT2D eigenvalue weighted by atomic mass is 16.1. The number of hydrogen-bond donors (Lipinski definition) is 1. The van der Waals surface area contributed by atoms with Gasteiger partial charge in [0.15, 0.2) is 0 Å². The third kappa shape index (κ3) is 4.08. The van der Waals surface area contributed by atoms with Crippen molar-refractivity contribution in [2.75, 3.05) is 26.2 Å². The van der Waals surface area contributed by atoms with E-state index in [1.165, 1.54) is 38.1 Å². The molecule has 0 aliphatic carbocycles. The smallest absolute Gasteiger partial charge is 0.243 e. The van der Waals surface area contributed by atoms with Crippen LogP contribution in [0.5, 0.6) is 0 Å². The molecule has 1 rings (SSSR count). The highest BCUT2D eigenvalue weighted by molar-refractivity contribution is 5.87. The first kappa shape index (κ1) is 10.3. The fourth-order valence-corrected chi connectivity index (χ4v) is 1.51. The number of nitrogens with one attached hydrogen (secondary N) is 1. The molecule has 1 heterocycles. The van der Waals surface area contributed by atoms with Crippen LogP contribution in [0.2, 0.25) is 0 Å².